The van der Waals surface area contributed by atoms with Crippen LogP contribution in [0.4, 0.5) is 4.39 Å². The third-order valence-electron chi connectivity index (χ3n) is 6.88. The first kappa shape index (κ1) is 25.9. The molecule has 0 saturated carbocycles. The van der Waals surface area contributed by atoms with Gasteiger partial charge in [-0.25, -0.2) is 4.39 Å². The molecule has 3 heterocycles. The number of benzene rings is 2. The number of hydrogen-bond donors (Lipinski definition) is 1. The zero-order valence-electron chi connectivity index (χ0n) is 21.9. The first-order chi connectivity index (χ1) is 18.5. The Hall–Kier alpha value is -3.69. The predicted molar refractivity (Wildman–Crippen MR) is 142 cm³/mol. The van der Waals surface area contributed by atoms with Crippen LogP contribution in [0.25, 0.3) is 33.4 Å². The molecule has 1 fully saturated rings. The molecular weight excluding hydrogens is 489 g/mol. The van der Waals surface area contributed by atoms with Crippen LogP contribution in [-0.2, 0) is 17.6 Å². The number of carbonyl (C=O) groups is 1. The lowest BCUT2D eigenvalue weighted by Gasteiger charge is -2.26. The van der Waals surface area contributed by atoms with E-state index in [1.165, 1.54) is 12.1 Å². The van der Waals surface area contributed by atoms with Crippen molar-refractivity contribution in [3.8, 4) is 28.2 Å². The zero-order valence-corrected chi connectivity index (χ0v) is 21.9. The molecule has 1 aliphatic rings. The van der Waals surface area contributed by atoms with Gasteiger partial charge in [-0.05, 0) is 42.8 Å². The van der Waals surface area contributed by atoms with Gasteiger partial charge >= 0.3 is 0 Å². The van der Waals surface area contributed by atoms with E-state index >= 15 is 0 Å². The van der Waals surface area contributed by atoms with Crippen molar-refractivity contribution in [3.63, 3.8) is 0 Å². The van der Waals surface area contributed by atoms with Gasteiger partial charge in [-0.1, -0.05) is 19.0 Å². The lowest BCUT2D eigenvalue weighted by Crippen LogP contribution is -2.38. The Bertz CT molecular complexity index is 1400. The summed E-state index contributed by atoms with van der Waals surface area (Å²) in [4.78, 5) is 15.4. The number of halogens is 1. The number of carbonyl (C=O) groups excluding carboxylic acids is 1. The fourth-order valence-corrected chi connectivity index (χ4v) is 4.85. The molecule has 1 N–H and O–H groups in total. The molecule has 200 valence electrons. The second kappa shape index (κ2) is 11.4. The highest BCUT2D eigenvalue weighted by atomic mass is 19.1. The lowest BCUT2D eigenvalue weighted by atomic mass is 9.97. The maximum Gasteiger partial charge on any atom is 0.255 e. The van der Waals surface area contributed by atoms with Crippen LogP contribution in [0.3, 0.4) is 0 Å². The first-order valence-corrected chi connectivity index (χ1v) is 13.0. The number of nitrogens with zero attached hydrogens (tertiary/aromatic N) is 2. The van der Waals surface area contributed by atoms with Crippen LogP contribution in [0.2, 0.25) is 0 Å². The van der Waals surface area contributed by atoms with Gasteiger partial charge in [0.2, 0.25) is 0 Å². The second-order valence-electron chi connectivity index (χ2n) is 9.17. The van der Waals surface area contributed by atoms with E-state index in [4.69, 9.17) is 18.4 Å². The summed E-state index contributed by atoms with van der Waals surface area (Å²) in [6.45, 7) is 8.42. The summed E-state index contributed by atoms with van der Waals surface area (Å²) in [5.41, 5.74) is 4.01. The number of rotatable bonds is 9. The Kier molecular flexibility index (Phi) is 7.76. The molecule has 0 radical (unpaired) electrons. The minimum Gasteiger partial charge on any atom is -0.492 e. The van der Waals surface area contributed by atoms with Crippen LogP contribution in [-0.4, -0.2) is 62.5 Å². The summed E-state index contributed by atoms with van der Waals surface area (Å²) in [5.74, 6) is 1.08. The molecule has 0 bridgehead atoms. The van der Waals surface area contributed by atoms with Gasteiger partial charge in [0.15, 0.2) is 0 Å². The van der Waals surface area contributed by atoms with Crippen molar-refractivity contribution in [2.45, 2.75) is 26.7 Å². The SMILES string of the molecule is CCc1noc(CC)c1-c1cc2oc(-c3ccc(F)cc3)c(C(=O)NC)c2cc1OCCN1CCOCC1. The molecule has 0 unspecified atom stereocenters. The van der Waals surface area contributed by atoms with Gasteiger partial charge in [-0.3, -0.25) is 9.69 Å². The molecule has 0 atom stereocenters. The van der Waals surface area contributed by atoms with Crippen molar-refractivity contribution in [3.05, 3.63) is 59.2 Å². The smallest absolute Gasteiger partial charge is 0.255 e. The highest BCUT2D eigenvalue weighted by molar-refractivity contribution is 6.12. The quantitative estimate of drug-likeness (QED) is 0.328. The largest absolute Gasteiger partial charge is 0.492 e. The second-order valence-corrected chi connectivity index (χ2v) is 9.17. The van der Waals surface area contributed by atoms with Gasteiger partial charge < -0.3 is 23.7 Å². The van der Waals surface area contributed by atoms with E-state index in [0.29, 0.717) is 66.3 Å². The third kappa shape index (κ3) is 5.04. The number of aryl methyl sites for hydroxylation is 2. The number of fused-ring (bicyclic) bond motifs is 1. The molecule has 0 spiro atoms. The summed E-state index contributed by atoms with van der Waals surface area (Å²) in [7, 11) is 1.57. The van der Waals surface area contributed by atoms with Crippen molar-refractivity contribution in [2.75, 3.05) is 46.5 Å². The third-order valence-corrected chi connectivity index (χ3v) is 6.88. The lowest BCUT2D eigenvalue weighted by molar-refractivity contribution is 0.0323. The summed E-state index contributed by atoms with van der Waals surface area (Å²) in [6.07, 6.45) is 1.35. The molecule has 5 rings (SSSR count). The number of ether oxygens (including phenoxy) is 2. The average Bonchev–Trinajstić information content (AvgIpc) is 3.54. The molecule has 8 nitrogen and oxygen atoms in total. The Balaban J connectivity index is 1.65. The minimum atomic E-state index is -0.365. The summed E-state index contributed by atoms with van der Waals surface area (Å²) in [5, 5.41) is 7.61. The van der Waals surface area contributed by atoms with E-state index in [0.717, 1.165) is 42.2 Å². The van der Waals surface area contributed by atoms with Crippen LogP contribution in [0.5, 0.6) is 5.75 Å². The average molecular weight is 522 g/mol. The van der Waals surface area contributed by atoms with Crippen LogP contribution in [0.15, 0.2) is 45.3 Å². The number of morpholine rings is 1. The van der Waals surface area contributed by atoms with Crippen molar-refractivity contribution in [2.24, 2.45) is 0 Å². The monoisotopic (exact) mass is 521 g/mol. The number of amides is 1. The zero-order chi connectivity index (χ0) is 26.6. The van der Waals surface area contributed by atoms with Crippen LogP contribution >= 0.6 is 0 Å². The predicted octanol–water partition coefficient (Wildman–Crippen LogP) is 5.09. The van der Waals surface area contributed by atoms with Gasteiger partial charge in [0, 0.05) is 49.6 Å². The molecule has 1 amide bonds. The van der Waals surface area contributed by atoms with E-state index < -0.39 is 0 Å². The van der Waals surface area contributed by atoms with Gasteiger partial charge in [0.1, 0.15) is 35.3 Å². The molecule has 38 heavy (non-hydrogen) atoms. The van der Waals surface area contributed by atoms with Gasteiger partial charge in [-0.15, -0.1) is 0 Å². The fraction of sp³-hybridized carbons (Fsp3) is 0.379. The Morgan fingerprint density at radius 2 is 1.89 bits per heavy atom. The Labute approximate surface area is 220 Å². The van der Waals surface area contributed by atoms with Crippen LogP contribution in [0, 0.1) is 5.82 Å². The van der Waals surface area contributed by atoms with E-state index in [9.17, 15) is 9.18 Å². The van der Waals surface area contributed by atoms with E-state index in [1.807, 2.05) is 26.0 Å². The number of furan rings is 1. The van der Waals surface area contributed by atoms with E-state index in [2.05, 4.69) is 15.4 Å². The molecule has 2 aromatic heterocycles. The molecule has 4 aromatic rings. The number of nitrogens with one attached hydrogen (secondary N) is 1. The van der Waals surface area contributed by atoms with Crippen molar-refractivity contribution >= 4 is 16.9 Å². The van der Waals surface area contributed by atoms with E-state index in [-0.39, 0.29) is 11.7 Å². The molecule has 2 aromatic carbocycles. The van der Waals surface area contributed by atoms with Gasteiger partial charge in [0.05, 0.1) is 30.0 Å². The van der Waals surface area contributed by atoms with Crippen LogP contribution < -0.4 is 10.1 Å². The molecular formula is C29H32FN3O5. The minimum absolute atomic E-state index is 0.302. The molecule has 9 heteroatoms. The standard InChI is InChI=1S/C29H32FN3O5/c1-4-22-26(23(5-2)38-32-22)20-17-25-21(16-24(20)36-15-12-33-10-13-35-14-11-33)27(29(34)31-3)28(37-25)18-6-8-19(30)9-7-18/h6-9,16-17H,4-5,10-15H2,1-3H3,(H,31,34). The van der Waals surface area contributed by atoms with E-state index in [1.54, 1.807) is 19.2 Å². The maximum absolute atomic E-state index is 13.6. The summed E-state index contributed by atoms with van der Waals surface area (Å²) < 4.78 is 37.4. The van der Waals surface area contributed by atoms with Crippen molar-refractivity contribution < 1.29 is 27.6 Å². The van der Waals surface area contributed by atoms with Crippen LogP contribution in [0.1, 0.15) is 35.7 Å². The first-order valence-electron chi connectivity index (χ1n) is 13.0. The summed E-state index contributed by atoms with van der Waals surface area (Å²) >= 11 is 0. The van der Waals surface area contributed by atoms with Crippen molar-refractivity contribution in [1.29, 1.82) is 0 Å². The fourth-order valence-electron chi connectivity index (χ4n) is 4.85. The molecule has 1 aliphatic heterocycles. The topological polar surface area (TPSA) is 90.0 Å². The molecule has 1 saturated heterocycles. The Morgan fingerprint density at radius 1 is 1.13 bits per heavy atom. The molecule has 0 aliphatic carbocycles. The normalized spacial score (nSPS) is 14.2. The van der Waals surface area contributed by atoms with Crippen molar-refractivity contribution in [1.82, 2.24) is 15.4 Å². The Morgan fingerprint density at radius 3 is 2.58 bits per heavy atom. The van der Waals surface area contributed by atoms with Gasteiger partial charge in [0.25, 0.3) is 5.91 Å². The maximum atomic E-state index is 13.6. The number of aromatic nitrogens is 1. The highest BCUT2D eigenvalue weighted by Crippen LogP contribution is 2.42. The highest BCUT2D eigenvalue weighted by Gasteiger charge is 2.26. The summed E-state index contributed by atoms with van der Waals surface area (Å²) in [6, 6.07) is 9.65. The number of hydrogen-bond acceptors (Lipinski definition) is 7. The van der Waals surface area contributed by atoms with Gasteiger partial charge in [-0.2, -0.15) is 0 Å².